The molecule has 2 N–H and O–H groups in total. The number of amides is 1. The summed E-state index contributed by atoms with van der Waals surface area (Å²) in [6.07, 6.45) is 1.57. The summed E-state index contributed by atoms with van der Waals surface area (Å²) in [6, 6.07) is 6.90. The number of benzene rings is 1. The number of hydrogen-bond donors (Lipinski definition) is 2. The van der Waals surface area contributed by atoms with E-state index in [9.17, 15) is 4.79 Å². The van der Waals surface area contributed by atoms with Crippen LogP contribution in [0.4, 0.5) is 5.82 Å². The van der Waals surface area contributed by atoms with Crippen LogP contribution in [0.5, 0.6) is 11.5 Å². The number of nitrogens with one attached hydrogen (secondary N) is 2. The van der Waals surface area contributed by atoms with Gasteiger partial charge in [0.25, 0.3) is 5.91 Å². The van der Waals surface area contributed by atoms with Crippen LogP contribution >= 0.6 is 0 Å². The Morgan fingerprint density at radius 2 is 2.17 bits per heavy atom. The van der Waals surface area contributed by atoms with Gasteiger partial charge in [-0.1, -0.05) is 6.07 Å². The second kappa shape index (κ2) is 4.40. The average Bonchev–Trinajstić information content (AvgIpc) is 2.91. The third kappa shape index (κ3) is 1.88. The highest BCUT2D eigenvalue weighted by molar-refractivity contribution is 6.06. The maximum absolute atomic E-state index is 12.1. The highest BCUT2D eigenvalue weighted by Gasteiger charge is 2.20. The Bertz CT molecular complexity index is 566. The van der Waals surface area contributed by atoms with Crippen LogP contribution in [0.2, 0.25) is 0 Å². The van der Waals surface area contributed by atoms with Gasteiger partial charge in [-0.2, -0.15) is 5.10 Å². The van der Waals surface area contributed by atoms with Gasteiger partial charge in [-0.3, -0.25) is 9.89 Å². The molecule has 6 heteroatoms. The molecule has 92 valence electrons. The molecule has 0 spiro atoms. The highest BCUT2D eigenvalue weighted by Crippen LogP contribution is 2.33. The van der Waals surface area contributed by atoms with Gasteiger partial charge in [0.15, 0.2) is 11.5 Å². The summed E-state index contributed by atoms with van der Waals surface area (Å²) in [5, 5.41) is 9.12. The smallest absolute Gasteiger partial charge is 0.260 e. The number of carbonyl (C=O) groups excluding carboxylic acids is 1. The van der Waals surface area contributed by atoms with Gasteiger partial charge in [0.2, 0.25) is 0 Å². The van der Waals surface area contributed by atoms with Gasteiger partial charge >= 0.3 is 0 Å². The number of nitrogens with zero attached hydrogens (tertiary/aromatic N) is 1. The summed E-state index contributed by atoms with van der Waals surface area (Å²) in [5.41, 5.74) is 0.446. The van der Waals surface area contributed by atoms with Crippen LogP contribution in [0, 0.1) is 0 Å². The largest absolute Gasteiger partial charge is 0.486 e. The summed E-state index contributed by atoms with van der Waals surface area (Å²) in [4.78, 5) is 12.1. The molecule has 2 aromatic rings. The lowest BCUT2D eigenvalue weighted by atomic mass is 10.1. The molecule has 1 aliphatic rings. The number of anilines is 1. The molecule has 6 nitrogen and oxygen atoms in total. The Balaban J connectivity index is 1.89. The fourth-order valence-corrected chi connectivity index (χ4v) is 1.77. The van der Waals surface area contributed by atoms with Crippen molar-refractivity contribution in [2.45, 2.75) is 0 Å². The number of ether oxygens (including phenoxy) is 2. The predicted molar refractivity (Wildman–Crippen MR) is 64.0 cm³/mol. The Morgan fingerprint density at radius 1 is 1.28 bits per heavy atom. The lowest BCUT2D eigenvalue weighted by molar-refractivity contribution is 0.101. The first-order valence-corrected chi connectivity index (χ1v) is 5.54. The minimum Gasteiger partial charge on any atom is -0.486 e. The van der Waals surface area contributed by atoms with E-state index in [0.29, 0.717) is 36.1 Å². The number of fused-ring (bicyclic) bond motifs is 1. The second-order valence-electron chi connectivity index (χ2n) is 3.75. The zero-order valence-corrected chi connectivity index (χ0v) is 9.47. The lowest BCUT2D eigenvalue weighted by Crippen LogP contribution is -2.20. The van der Waals surface area contributed by atoms with E-state index in [1.807, 2.05) is 0 Å². The zero-order chi connectivity index (χ0) is 12.4. The third-order valence-corrected chi connectivity index (χ3v) is 2.56. The van der Waals surface area contributed by atoms with Gasteiger partial charge in [0.1, 0.15) is 19.0 Å². The van der Waals surface area contributed by atoms with Crippen molar-refractivity contribution in [3.8, 4) is 11.5 Å². The highest BCUT2D eigenvalue weighted by atomic mass is 16.6. The topological polar surface area (TPSA) is 76.2 Å². The molecular weight excluding hydrogens is 234 g/mol. The second-order valence-corrected chi connectivity index (χ2v) is 3.75. The molecule has 0 fully saturated rings. The van der Waals surface area contributed by atoms with Crippen molar-refractivity contribution in [1.29, 1.82) is 0 Å². The van der Waals surface area contributed by atoms with Crippen LogP contribution in [0.15, 0.2) is 30.5 Å². The van der Waals surface area contributed by atoms with Gasteiger partial charge in [0.05, 0.1) is 11.8 Å². The maximum atomic E-state index is 12.1. The molecule has 0 aliphatic carbocycles. The molecule has 1 aromatic heterocycles. The predicted octanol–water partition coefficient (Wildman–Crippen LogP) is 1.43. The molecule has 0 saturated carbocycles. The number of aromatic nitrogens is 2. The molecule has 0 atom stereocenters. The van der Waals surface area contributed by atoms with Crippen molar-refractivity contribution in [2.24, 2.45) is 0 Å². The first kappa shape index (κ1) is 10.6. The van der Waals surface area contributed by atoms with Gasteiger partial charge in [-0.15, -0.1) is 0 Å². The van der Waals surface area contributed by atoms with Crippen molar-refractivity contribution in [2.75, 3.05) is 18.5 Å². The summed E-state index contributed by atoms with van der Waals surface area (Å²) < 4.78 is 10.9. The Hall–Kier alpha value is -2.50. The number of para-hydroxylation sites is 1. The first-order valence-electron chi connectivity index (χ1n) is 5.54. The van der Waals surface area contributed by atoms with E-state index in [4.69, 9.17) is 9.47 Å². The van der Waals surface area contributed by atoms with E-state index in [2.05, 4.69) is 15.5 Å². The van der Waals surface area contributed by atoms with E-state index in [1.54, 1.807) is 30.5 Å². The van der Waals surface area contributed by atoms with Crippen LogP contribution in [-0.2, 0) is 0 Å². The first-order chi connectivity index (χ1) is 8.84. The van der Waals surface area contributed by atoms with Gasteiger partial charge < -0.3 is 14.8 Å². The monoisotopic (exact) mass is 245 g/mol. The Morgan fingerprint density at radius 3 is 3.00 bits per heavy atom. The minimum atomic E-state index is -0.262. The quantitative estimate of drug-likeness (QED) is 0.839. The van der Waals surface area contributed by atoms with Crippen LogP contribution in [0.3, 0.4) is 0 Å². The molecule has 18 heavy (non-hydrogen) atoms. The van der Waals surface area contributed by atoms with Gasteiger partial charge in [-0.05, 0) is 12.1 Å². The third-order valence-electron chi connectivity index (χ3n) is 2.56. The molecule has 0 saturated heterocycles. The van der Waals surface area contributed by atoms with Gasteiger partial charge in [0, 0.05) is 6.07 Å². The van der Waals surface area contributed by atoms with E-state index in [0.717, 1.165) is 0 Å². The van der Waals surface area contributed by atoms with Crippen LogP contribution in [0.1, 0.15) is 10.4 Å². The molecule has 1 aromatic carbocycles. The molecule has 2 heterocycles. The standard InChI is InChI=1S/C12H11N3O3/c16-12(14-10-4-5-13-15-10)8-2-1-3-9-11(8)18-7-6-17-9/h1-5H,6-7H2,(H2,13,14,15,16). The Kier molecular flexibility index (Phi) is 2.60. The van der Waals surface area contributed by atoms with Crippen molar-refractivity contribution < 1.29 is 14.3 Å². The lowest BCUT2D eigenvalue weighted by Gasteiger charge is -2.20. The number of carbonyl (C=O) groups is 1. The summed E-state index contributed by atoms with van der Waals surface area (Å²) >= 11 is 0. The zero-order valence-electron chi connectivity index (χ0n) is 9.47. The number of rotatable bonds is 2. The normalized spacial score (nSPS) is 13.1. The summed E-state index contributed by atoms with van der Waals surface area (Å²) in [5.74, 6) is 1.36. The van der Waals surface area contributed by atoms with Crippen molar-refractivity contribution in [3.05, 3.63) is 36.0 Å². The molecular formula is C12H11N3O3. The van der Waals surface area contributed by atoms with E-state index < -0.39 is 0 Å². The molecule has 3 rings (SSSR count). The number of H-pyrrole nitrogens is 1. The van der Waals surface area contributed by atoms with E-state index in [1.165, 1.54) is 0 Å². The van der Waals surface area contributed by atoms with Crippen molar-refractivity contribution in [1.82, 2.24) is 10.2 Å². The van der Waals surface area contributed by atoms with Crippen LogP contribution in [-0.4, -0.2) is 29.3 Å². The van der Waals surface area contributed by atoms with Crippen LogP contribution < -0.4 is 14.8 Å². The maximum Gasteiger partial charge on any atom is 0.260 e. The Labute approximate surface area is 103 Å². The van der Waals surface area contributed by atoms with Crippen molar-refractivity contribution >= 4 is 11.7 Å². The molecule has 0 unspecified atom stereocenters. The summed E-state index contributed by atoms with van der Waals surface area (Å²) in [7, 11) is 0. The minimum absolute atomic E-state index is 0.262. The van der Waals surface area contributed by atoms with E-state index >= 15 is 0 Å². The number of hydrogen-bond acceptors (Lipinski definition) is 4. The molecule has 1 amide bonds. The van der Waals surface area contributed by atoms with Gasteiger partial charge in [-0.25, -0.2) is 0 Å². The molecule has 1 aliphatic heterocycles. The molecule has 0 radical (unpaired) electrons. The fraction of sp³-hybridized carbons (Fsp3) is 0.167. The van der Waals surface area contributed by atoms with E-state index in [-0.39, 0.29) is 5.91 Å². The average molecular weight is 245 g/mol. The summed E-state index contributed by atoms with van der Waals surface area (Å²) in [6.45, 7) is 0.944. The fourth-order valence-electron chi connectivity index (χ4n) is 1.77. The van der Waals surface area contributed by atoms with Crippen molar-refractivity contribution in [3.63, 3.8) is 0 Å². The number of aromatic amines is 1. The SMILES string of the molecule is O=C(Nc1ccn[nH]1)c1cccc2c1OCCO2. The molecule has 0 bridgehead atoms. The van der Waals surface area contributed by atoms with Crippen LogP contribution in [0.25, 0.3) is 0 Å².